The quantitative estimate of drug-likeness (QED) is 0.572. The molecule has 0 aromatic rings. The van der Waals surface area contributed by atoms with Crippen molar-refractivity contribution in [2.75, 3.05) is 46.3 Å². The van der Waals surface area contributed by atoms with Gasteiger partial charge in [0.25, 0.3) is 0 Å². The van der Waals surface area contributed by atoms with E-state index < -0.39 is 11.5 Å². The highest BCUT2D eigenvalue weighted by atomic mass is 16.4. The maximum Gasteiger partial charge on any atom is 0.325 e. The number of rotatable bonds is 12. The fraction of sp³-hybridized carbons (Fsp3) is 0.938. The standard InChI is InChI=1S/C16H33N3O2/c1-5-18(6-2)11-8-12-19(7-3)13-16(17-4,15(20)21)14-9-10-14/h14,17H,5-13H2,1-4H3,(H,20,21). The van der Waals surface area contributed by atoms with E-state index in [-0.39, 0.29) is 5.92 Å². The lowest BCUT2D eigenvalue weighted by molar-refractivity contribution is -0.146. The Bertz CT molecular complexity index is 317. The lowest BCUT2D eigenvalue weighted by atomic mass is 9.92. The first-order chi connectivity index (χ1) is 10.0. The van der Waals surface area contributed by atoms with Crippen molar-refractivity contribution in [2.24, 2.45) is 5.92 Å². The minimum atomic E-state index is -0.759. The maximum atomic E-state index is 11.8. The first-order valence-electron chi connectivity index (χ1n) is 8.41. The topological polar surface area (TPSA) is 55.8 Å². The average Bonchev–Trinajstić information content (AvgIpc) is 3.32. The Hall–Kier alpha value is -0.650. The molecule has 1 aliphatic carbocycles. The van der Waals surface area contributed by atoms with Gasteiger partial charge in [-0.1, -0.05) is 20.8 Å². The Labute approximate surface area is 129 Å². The zero-order valence-electron chi connectivity index (χ0n) is 14.2. The molecule has 1 saturated carbocycles. The molecule has 0 bridgehead atoms. The number of likely N-dealkylation sites (N-methyl/N-ethyl adjacent to an activating group) is 2. The van der Waals surface area contributed by atoms with E-state index in [2.05, 4.69) is 35.9 Å². The summed E-state index contributed by atoms with van der Waals surface area (Å²) in [6, 6.07) is 0. The largest absolute Gasteiger partial charge is 0.480 e. The predicted molar refractivity (Wildman–Crippen MR) is 86.7 cm³/mol. The Kier molecular flexibility index (Phi) is 7.63. The summed E-state index contributed by atoms with van der Waals surface area (Å²) in [6.45, 7) is 12.2. The monoisotopic (exact) mass is 299 g/mol. The van der Waals surface area contributed by atoms with Gasteiger partial charge in [0.15, 0.2) is 0 Å². The van der Waals surface area contributed by atoms with Crippen LogP contribution in [0.15, 0.2) is 0 Å². The van der Waals surface area contributed by atoms with Gasteiger partial charge in [-0.3, -0.25) is 4.79 Å². The van der Waals surface area contributed by atoms with Crippen LogP contribution in [0.2, 0.25) is 0 Å². The van der Waals surface area contributed by atoms with E-state index in [0.717, 1.165) is 52.0 Å². The first-order valence-corrected chi connectivity index (χ1v) is 8.41. The summed E-state index contributed by atoms with van der Waals surface area (Å²) in [4.78, 5) is 16.5. The van der Waals surface area contributed by atoms with Crippen LogP contribution in [-0.2, 0) is 4.79 Å². The minimum absolute atomic E-state index is 0.289. The molecule has 0 amide bonds. The average molecular weight is 299 g/mol. The van der Waals surface area contributed by atoms with Crippen molar-refractivity contribution in [3.05, 3.63) is 0 Å². The van der Waals surface area contributed by atoms with E-state index in [9.17, 15) is 9.90 Å². The van der Waals surface area contributed by atoms with Gasteiger partial charge in [0.05, 0.1) is 0 Å². The maximum absolute atomic E-state index is 11.8. The number of nitrogens with one attached hydrogen (secondary N) is 1. The summed E-state index contributed by atoms with van der Waals surface area (Å²) >= 11 is 0. The molecule has 1 fully saturated rings. The number of carbonyl (C=O) groups is 1. The smallest absolute Gasteiger partial charge is 0.325 e. The second-order valence-corrected chi connectivity index (χ2v) is 6.05. The van der Waals surface area contributed by atoms with Crippen LogP contribution in [0.3, 0.4) is 0 Å². The van der Waals surface area contributed by atoms with Gasteiger partial charge in [-0.25, -0.2) is 0 Å². The van der Waals surface area contributed by atoms with Crippen molar-refractivity contribution >= 4 is 5.97 Å². The third-order valence-electron chi connectivity index (χ3n) is 4.87. The first kappa shape index (κ1) is 18.4. The molecule has 0 spiro atoms. The molecule has 0 aromatic carbocycles. The summed E-state index contributed by atoms with van der Waals surface area (Å²) in [6.07, 6.45) is 3.16. The van der Waals surface area contributed by atoms with Crippen LogP contribution in [0, 0.1) is 5.92 Å². The lowest BCUT2D eigenvalue weighted by Gasteiger charge is -2.35. The Morgan fingerprint density at radius 1 is 1.14 bits per heavy atom. The Morgan fingerprint density at radius 3 is 2.05 bits per heavy atom. The van der Waals surface area contributed by atoms with Crippen molar-refractivity contribution in [3.63, 3.8) is 0 Å². The SMILES string of the molecule is CCN(CC)CCCN(CC)CC(NC)(C(=O)O)C1CC1. The van der Waals surface area contributed by atoms with E-state index in [1.165, 1.54) is 0 Å². The molecule has 0 aliphatic heterocycles. The summed E-state index contributed by atoms with van der Waals surface area (Å²) < 4.78 is 0. The van der Waals surface area contributed by atoms with Gasteiger partial charge in [-0.05, 0) is 65.0 Å². The zero-order valence-corrected chi connectivity index (χ0v) is 14.2. The number of carboxylic acid groups (broad SMARTS) is 1. The minimum Gasteiger partial charge on any atom is -0.480 e. The summed E-state index contributed by atoms with van der Waals surface area (Å²) in [5.41, 5.74) is -0.759. The predicted octanol–water partition coefficient (Wildman–Crippen LogP) is 1.49. The van der Waals surface area contributed by atoms with E-state index in [4.69, 9.17) is 0 Å². The van der Waals surface area contributed by atoms with Gasteiger partial charge in [-0.15, -0.1) is 0 Å². The van der Waals surface area contributed by atoms with Crippen LogP contribution in [0.5, 0.6) is 0 Å². The number of hydrogen-bond acceptors (Lipinski definition) is 4. The molecule has 5 nitrogen and oxygen atoms in total. The molecule has 21 heavy (non-hydrogen) atoms. The van der Waals surface area contributed by atoms with Gasteiger partial charge < -0.3 is 20.2 Å². The number of aliphatic carboxylic acids is 1. The molecular formula is C16H33N3O2. The third kappa shape index (κ3) is 4.94. The van der Waals surface area contributed by atoms with Crippen LogP contribution in [0.25, 0.3) is 0 Å². The molecule has 0 saturated heterocycles. The lowest BCUT2D eigenvalue weighted by Crippen LogP contribution is -2.59. The van der Waals surface area contributed by atoms with E-state index in [1.807, 2.05) is 0 Å². The third-order valence-corrected chi connectivity index (χ3v) is 4.87. The molecule has 1 atom stereocenters. The molecule has 5 heteroatoms. The zero-order chi connectivity index (χ0) is 15.9. The summed E-state index contributed by atoms with van der Waals surface area (Å²) in [5.74, 6) is -0.411. The van der Waals surface area contributed by atoms with Crippen molar-refractivity contribution in [1.82, 2.24) is 15.1 Å². The van der Waals surface area contributed by atoms with E-state index >= 15 is 0 Å². The number of carboxylic acids is 1. The van der Waals surface area contributed by atoms with Gasteiger partial charge in [0.1, 0.15) is 5.54 Å². The molecule has 0 heterocycles. The Morgan fingerprint density at radius 2 is 1.67 bits per heavy atom. The van der Waals surface area contributed by atoms with Crippen LogP contribution in [0.4, 0.5) is 0 Å². The fourth-order valence-corrected chi connectivity index (χ4v) is 3.10. The molecule has 1 unspecified atom stereocenters. The van der Waals surface area contributed by atoms with Crippen molar-refractivity contribution < 1.29 is 9.90 Å². The van der Waals surface area contributed by atoms with Crippen LogP contribution in [-0.4, -0.2) is 72.7 Å². The highest BCUT2D eigenvalue weighted by Crippen LogP contribution is 2.40. The van der Waals surface area contributed by atoms with Crippen molar-refractivity contribution in [2.45, 2.75) is 45.6 Å². The molecule has 2 N–H and O–H groups in total. The molecular weight excluding hydrogens is 266 g/mol. The molecule has 1 aliphatic rings. The van der Waals surface area contributed by atoms with Gasteiger partial charge in [0.2, 0.25) is 0 Å². The van der Waals surface area contributed by atoms with Gasteiger partial charge >= 0.3 is 5.97 Å². The highest BCUT2D eigenvalue weighted by molar-refractivity contribution is 5.80. The van der Waals surface area contributed by atoms with Gasteiger partial charge in [0, 0.05) is 6.54 Å². The van der Waals surface area contributed by atoms with Crippen molar-refractivity contribution in [1.29, 1.82) is 0 Å². The summed E-state index contributed by atoms with van der Waals surface area (Å²) in [5, 5.41) is 12.8. The number of hydrogen-bond donors (Lipinski definition) is 2. The molecule has 1 rings (SSSR count). The molecule has 0 aromatic heterocycles. The summed E-state index contributed by atoms with van der Waals surface area (Å²) in [7, 11) is 1.79. The number of nitrogens with zero attached hydrogens (tertiary/aromatic N) is 2. The highest BCUT2D eigenvalue weighted by Gasteiger charge is 2.50. The fourth-order valence-electron chi connectivity index (χ4n) is 3.10. The van der Waals surface area contributed by atoms with Gasteiger partial charge in [-0.2, -0.15) is 0 Å². The van der Waals surface area contributed by atoms with Crippen LogP contribution < -0.4 is 5.32 Å². The van der Waals surface area contributed by atoms with E-state index in [1.54, 1.807) is 7.05 Å². The second-order valence-electron chi connectivity index (χ2n) is 6.05. The Balaban J connectivity index is 2.53. The molecule has 124 valence electrons. The second kappa shape index (κ2) is 8.71. The normalized spacial score (nSPS) is 18.2. The van der Waals surface area contributed by atoms with E-state index in [0.29, 0.717) is 6.54 Å². The van der Waals surface area contributed by atoms with Crippen LogP contribution in [0.1, 0.15) is 40.0 Å². The van der Waals surface area contributed by atoms with Crippen molar-refractivity contribution in [3.8, 4) is 0 Å². The van der Waals surface area contributed by atoms with Crippen LogP contribution >= 0.6 is 0 Å². The molecule has 0 radical (unpaired) electrons.